The number of aliphatic hydroxyl groups excluding tert-OH is 1. The Labute approximate surface area is 102 Å². The number of rotatable bonds is 2. The van der Waals surface area contributed by atoms with E-state index in [9.17, 15) is 5.11 Å². The standard InChI is InChI=1S/C14H20OS/c1-10-6-7-12(9-11(10)2)14(15)13-5-3-4-8-16-13/h6-7,9,13-15H,3-5,8H2,1-2H3. The van der Waals surface area contributed by atoms with Gasteiger partial charge in [0.15, 0.2) is 0 Å². The van der Waals surface area contributed by atoms with Crippen molar-refractivity contribution in [1.82, 2.24) is 0 Å². The molecule has 88 valence electrons. The molecule has 0 spiro atoms. The van der Waals surface area contributed by atoms with Crippen molar-refractivity contribution in [3.63, 3.8) is 0 Å². The van der Waals surface area contributed by atoms with E-state index in [4.69, 9.17) is 0 Å². The van der Waals surface area contributed by atoms with Gasteiger partial charge in [-0.3, -0.25) is 0 Å². The molecule has 0 bridgehead atoms. The number of aliphatic hydroxyl groups is 1. The van der Waals surface area contributed by atoms with Gasteiger partial charge in [0.05, 0.1) is 6.10 Å². The Hall–Kier alpha value is -0.470. The van der Waals surface area contributed by atoms with Crippen molar-refractivity contribution in [3.8, 4) is 0 Å². The molecule has 2 unspecified atom stereocenters. The van der Waals surface area contributed by atoms with Crippen LogP contribution in [0.4, 0.5) is 0 Å². The minimum absolute atomic E-state index is 0.287. The summed E-state index contributed by atoms with van der Waals surface area (Å²) in [4.78, 5) is 0. The molecule has 0 saturated carbocycles. The summed E-state index contributed by atoms with van der Waals surface area (Å²) in [5, 5.41) is 10.7. The fourth-order valence-electron chi connectivity index (χ4n) is 2.18. The van der Waals surface area contributed by atoms with Crippen LogP contribution in [-0.4, -0.2) is 16.1 Å². The van der Waals surface area contributed by atoms with Crippen LogP contribution >= 0.6 is 11.8 Å². The minimum atomic E-state index is -0.287. The van der Waals surface area contributed by atoms with Gasteiger partial charge in [0.2, 0.25) is 0 Å². The van der Waals surface area contributed by atoms with Crippen LogP contribution in [0, 0.1) is 13.8 Å². The maximum atomic E-state index is 10.3. The van der Waals surface area contributed by atoms with Gasteiger partial charge < -0.3 is 5.11 Å². The molecule has 2 atom stereocenters. The second kappa shape index (κ2) is 5.24. The third-order valence-electron chi connectivity index (χ3n) is 3.44. The van der Waals surface area contributed by atoms with Crippen LogP contribution in [0.15, 0.2) is 18.2 Å². The van der Waals surface area contributed by atoms with E-state index in [1.54, 1.807) is 0 Å². The first-order valence-corrected chi connectivity index (χ1v) is 7.10. The molecule has 0 aromatic heterocycles. The van der Waals surface area contributed by atoms with Gasteiger partial charge in [0.1, 0.15) is 0 Å². The zero-order valence-electron chi connectivity index (χ0n) is 10.1. The predicted octanol–water partition coefficient (Wildman–Crippen LogP) is 3.62. The molecule has 1 aliphatic rings. The second-order valence-electron chi connectivity index (χ2n) is 4.69. The summed E-state index contributed by atoms with van der Waals surface area (Å²) in [6.07, 6.45) is 3.43. The van der Waals surface area contributed by atoms with Crippen molar-refractivity contribution in [1.29, 1.82) is 0 Å². The Kier molecular flexibility index (Phi) is 3.93. The first-order chi connectivity index (χ1) is 7.68. The smallest absolute Gasteiger partial charge is 0.0908 e. The molecule has 2 heteroatoms. The normalized spacial score (nSPS) is 23.1. The van der Waals surface area contributed by atoms with Gasteiger partial charge in [-0.05, 0) is 49.1 Å². The third-order valence-corrected chi connectivity index (χ3v) is 4.89. The Bertz CT molecular complexity index is 356. The maximum absolute atomic E-state index is 10.3. The lowest BCUT2D eigenvalue weighted by Crippen LogP contribution is -2.19. The van der Waals surface area contributed by atoms with Crippen LogP contribution in [0.1, 0.15) is 42.1 Å². The highest BCUT2D eigenvalue weighted by Crippen LogP contribution is 2.35. The Morgan fingerprint density at radius 1 is 1.25 bits per heavy atom. The molecule has 1 aromatic carbocycles. The highest BCUT2D eigenvalue weighted by atomic mass is 32.2. The minimum Gasteiger partial charge on any atom is -0.387 e. The summed E-state index contributed by atoms with van der Waals surface area (Å²) in [5.74, 6) is 1.20. The second-order valence-corrected chi connectivity index (χ2v) is 6.04. The topological polar surface area (TPSA) is 20.2 Å². The third kappa shape index (κ3) is 2.61. The lowest BCUT2D eigenvalue weighted by atomic mass is 9.98. The van der Waals surface area contributed by atoms with Crippen LogP contribution in [0.3, 0.4) is 0 Å². The zero-order valence-corrected chi connectivity index (χ0v) is 10.9. The van der Waals surface area contributed by atoms with Crippen LogP contribution in [0.25, 0.3) is 0 Å². The van der Waals surface area contributed by atoms with E-state index in [1.807, 2.05) is 11.8 Å². The van der Waals surface area contributed by atoms with Crippen LogP contribution in [0.5, 0.6) is 0 Å². The summed E-state index contributed by atoms with van der Waals surface area (Å²) in [7, 11) is 0. The van der Waals surface area contributed by atoms with Crippen molar-refractivity contribution in [3.05, 3.63) is 34.9 Å². The molecule has 0 amide bonds. The van der Waals surface area contributed by atoms with E-state index in [1.165, 1.54) is 29.7 Å². The van der Waals surface area contributed by atoms with Gasteiger partial charge in [-0.2, -0.15) is 11.8 Å². The molecule has 1 nitrogen and oxygen atoms in total. The van der Waals surface area contributed by atoms with E-state index < -0.39 is 0 Å². The van der Waals surface area contributed by atoms with Gasteiger partial charge in [-0.1, -0.05) is 24.6 Å². The molecule has 1 aliphatic heterocycles. The summed E-state index contributed by atoms with van der Waals surface area (Å²) < 4.78 is 0. The van der Waals surface area contributed by atoms with Gasteiger partial charge in [0, 0.05) is 5.25 Å². The molecule has 1 aromatic rings. The number of aryl methyl sites for hydroxylation is 2. The summed E-state index contributed by atoms with van der Waals surface area (Å²) in [6, 6.07) is 6.32. The number of hydrogen-bond donors (Lipinski definition) is 1. The average Bonchev–Trinajstić information content (AvgIpc) is 2.33. The predicted molar refractivity (Wildman–Crippen MR) is 71.0 cm³/mol. The highest BCUT2D eigenvalue weighted by Gasteiger charge is 2.23. The molecule has 1 heterocycles. The molecule has 16 heavy (non-hydrogen) atoms. The van der Waals surface area contributed by atoms with E-state index in [2.05, 4.69) is 32.0 Å². The van der Waals surface area contributed by atoms with E-state index >= 15 is 0 Å². The Morgan fingerprint density at radius 3 is 2.69 bits per heavy atom. The van der Waals surface area contributed by atoms with Gasteiger partial charge in [0.25, 0.3) is 0 Å². The Morgan fingerprint density at radius 2 is 2.06 bits per heavy atom. The molecule has 0 radical (unpaired) electrons. The van der Waals surface area contributed by atoms with Crippen molar-refractivity contribution >= 4 is 11.8 Å². The lowest BCUT2D eigenvalue weighted by Gasteiger charge is -2.26. The molecule has 0 aliphatic carbocycles. The monoisotopic (exact) mass is 236 g/mol. The highest BCUT2D eigenvalue weighted by molar-refractivity contribution is 7.99. The quantitative estimate of drug-likeness (QED) is 0.846. The first kappa shape index (κ1) is 12.0. The summed E-state index contributed by atoms with van der Waals surface area (Å²) >= 11 is 1.93. The molecule has 1 fully saturated rings. The van der Waals surface area contributed by atoms with Crippen LogP contribution in [-0.2, 0) is 0 Å². The zero-order chi connectivity index (χ0) is 11.5. The summed E-state index contributed by atoms with van der Waals surface area (Å²) in [6.45, 7) is 4.22. The van der Waals surface area contributed by atoms with Crippen molar-refractivity contribution in [2.24, 2.45) is 0 Å². The summed E-state index contributed by atoms with van der Waals surface area (Å²) in [5.41, 5.74) is 3.66. The van der Waals surface area contributed by atoms with Gasteiger partial charge in [-0.15, -0.1) is 0 Å². The van der Waals surface area contributed by atoms with E-state index in [0.717, 1.165) is 12.0 Å². The van der Waals surface area contributed by atoms with Crippen LogP contribution < -0.4 is 0 Å². The first-order valence-electron chi connectivity index (χ1n) is 6.05. The number of thioether (sulfide) groups is 1. The molecule has 1 saturated heterocycles. The molecule has 2 rings (SSSR count). The van der Waals surface area contributed by atoms with Crippen molar-refractivity contribution in [2.75, 3.05) is 5.75 Å². The van der Waals surface area contributed by atoms with Crippen molar-refractivity contribution < 1.29 is 5.11 Å². The molecule has 1 N–H and O–H groups in total. The van der Waals surface area contributed by atoms with Crippen molar-refractivity contribution in [2.45, 2.75) is 44.5 Å². The van der Waals surface area contributed by atoms with Gasteiger partial charge >= 0.3 is 0 Å². The van der Waals surface area contributed by atoms with E-state index in [-0.39, 0.29) is 6.10 Å². The number of hydrogen-bond acceptors (Lipinski definition) is 2. The fraction of sp³-hybridized carbons (Fsp3) is 0.571. The van der Waals surface area contributed by atoms with Gasteiger partial charge in [-0.25, -0.2) is 0 Å². The van der Waals surface area contributed by atoms with Crippen LogP contribution in [0.2, 0.25) is 0 Å². The maximum Gasteiger partial charge on any atom is 0.0908 e. The molecular weight excluding hydrogens is 216 g/mol. The SMILES string of the molecule is Cc1ccc(C(O)C2CCCCS2)cc1C. The van der Waals surface area contributed by atoms with E-state index in [0.29, 0.717) is 5.25 Å². The fourth-order valence-corrected chi connectivity index (χ4v) is 3.52. The largest absolute Gasteiger partial charge is 0.387 e. The lowest BCUT2D eigenvalue weighted by molar-refractivity contribution is 0.168. The average molecular weight is 236 g/mol. The number of benzene rings is 1. The molecular formula is C14H20OS. The Balaban J connectivity index is 2.12.